The van der Waals surface area contributed by atoms with Crippen molar-refractivity contribution in [3.8, 4) is 5.75 Å². The van der Waals surface area contributed by atoms with E-state index in [1.54, 1.807) is 0 Å². The van der Waals surface area contributed by atoms with Gasteiger partial charge in [-0.1, -0.05) is 60.1 Å². The van der Waals surface area contributed by atoms with Gasteiger partial charge in [-0.15, -0.1) is 0 Å². The van der Waals surface area contributed by atoms with Crippen molar-refractivity contribution in [2.45, 2.75) is 66.2 Å². The molecular weight excluding hydrogens is 220 g/mol. The van der Waals surface area contributed by atoms with Gasteiger partial charge in [0.05, 0.1) is 0 Å². The minimum absolute atomic E-state index is 0.147. The number of benzene rings is 1. The Labute approximate surface area is 112 Å². The number of aryl methyl sites for hydroxylation is 1. The van der Waals surface area contributed by atoms with E-state index >= 15 is 0 Å². The summed E-state index contributed by atoms with van der Waals surface area (Å²) in [5.41, 5.74) is 2.87. The molecule has 1 rings (SSSR count). The third-order valence-corrected chi connectivity index (χ3v) is 3.35. The van der Waals surface area contributed by atoms with Crippen LogP contribution in [0.25, 0.3) is 0 Å². The summed E-state index contributed by atoms with van der Waals surface area (Å²) in [6.07, 6.45) is 3.15. The molecule has 0 spiro atoms. The van der Waals surface area contributed by atoms with Crippen molar-refractivity contribution in [3.05, 3.63) is 29.3 Å². The minimum Gasteiger partial charge on any atom is -0.508 e. The van der Waals surface area contributed by atoms with Crippen molar-refractivity contribution in [2.75, 3.05) is 0 Å². The Morgan fingerprint density at radius 1 is 1.06 bits per heavy atom. The zero-order valence-corrected chi connectivity index (χ0v) is 12.8. The van der Waals surface area contributed by atoms with Gasteiger partial charge in [0.1, 0.15) is 5.75 Å². The molecule has 0 aromatic heterocycles. The predicted octanol–water partition coefficient (Wildman–Crippen LogP) is 5.06. The molecule has 1 aromatic carbocycles. The molecule has 0 aliphatic rings. The molecule has 1 N–H and O–H groups in total. The van der Waals surface area contributed by atoms with E-state index in [0.29, 0.717) is 11.2 Å². The van der Waals surface area contributed by atoms with Gasteiger partial charge in [-0.3, -0.25) is 0 Å². The van der Waals surface area contributed by atoms with Crippen LogP contribution in [0.1, 0.15) is 65.5 Å². The highest BCUT2D eigenvalue weighted by Crippen LogP contribution is 2.37. The van der Waals surface area contributed by atoms with Gasteiger partial charge < -0.3 is 5.11 Å². The fourth-order valence-corrected chi connectivity index (χ4v) is 2.90. The van der Waals surface area contributed by atoms with Crippen molar-refractivity contribution in [2.24, 2.45) is 5.41 Å². The molecule has 0 saturated heterocycles. The molecule has 1 heteroatoms. The van der Waals surface area contributed by atoms with Crippen molar-refractivity contribution in [3.63, 3.8) is 0 Å². The van der Waals surface area contributed by atoms with Crippen LogP contribution < -0.4 is 0 Å². The van der Waals surface area contributed by atoms with Crippen LogP contribution in [0.15, 0.2) is 18.2 Å². The van der Waals surface area contributed by atoms with E-state index < -0.39 is 0 Å². The van der Waals surface area contributed by atoms with E-state index in [1.165, 1.54) is 5.56 Å². The Morgan fingerprint density at radius 3 is 2.17 bits per heavy atom. The maximum Gasteiger partial charge on any atom is 0.118 e. The Hall–Kier alpha value is -0.980. The van der Waals surface area contributed by atoms with Crippen LogP contribution in [0.3, 0.4) is 0 Å². The number of phenolic OH excluding ortho intramolecular Hbond substituents is 1. The van der Waals surface area contributed by atoms with E-state index in [2.05, 4.69) is 53.7 Å². The third kappa shape index (κ3) is 4.04. The molecule has 0 unspecified atom stereocenters. The average Bonchev–Trinajstić information content (AvgIpc) is 2.17. The van der Waals surface area contributed by atoms with Crippen molar-refractivity contribution in [1.29, 1.82) is 0 Å². The first-order valence-electron chi connectivity index (χ1n) is 6.98. The van der Waals surface area contributed by atoms with Gasteiger partial charge in [-0.25, -0.2) is 0 Å². The highest BCUT2D eigenvalue weighted by Gasteiger charge is 2.27. The molecule has 1 aromatic rings. The first-order valence-corrected chi connectivity index (χ1v) is 6.98. The highest BCUT2D eigenvalue weighted by molar-refractivity contribution is 5.39. The summed E-state index contributed by atoms with van der Waals surface area (Å²) in [4.78, 5) is 0. The SMILES string of the molecule is CCCc1cc(C(C)(C)CC(C)(C)C)ccc1O. The molecule has 0 amide bonds. The highest BCUT2D eigenvalue weighted by atomic mass is 16.3. The van der Waals surface area contributed by atoms with E-state index in [4.69, 9.17) is 0 Å². The van der Waals surface area contributed by atoms with Crippen molar-refractivity contribution < 1.29 is 5.11 Å². The summed E-state index contributed by atoms with van der Waals surface area (Å²) in [5, 5.41) is 9.86. The monoisotopic (exact) mass is 248 g/mol. The fraction of sp³-hybridized carbons (Fsp3) is 0.647. The van der Waals surface area contributed by atoms with E-state index in [9.17, 15) is 5.11 Å². The van der Waals surface area contributed by atoms with E-state index in [1.807, 2.05) is 6.07 Å². The maximum absolute atomic E-state index is 9.86. The number of hydrogen-bond donors (Lipinski definition) is 1. The van der Waals surface area contributed by atoms with Crippen LogP contribution >= 0.6 is 0 Å². The van der Waals surface area contributed by atoms with Crippen LogP contribution in [0.5, 0.6) is 5.75 Å². The lowest BCUT2D eigenvalue weighted by molar-refractivity contribution is 0.284. The van der Waals surface area contributed by atoms with Crippen LogP contribution in [0.4, 0.5) is 0 Å². The van der Waals surface area contributed by atoms with Crippen LogP contribution in [0, 0.1) is 5.41 Å². The Morgan fingerprint density at radius 2 is 1.67 bits per heavy atom. The lowest BCUT2D eigenvalue weighted by Gasteiger charge is -2.33. The van der Waals surface area contributed by atoms with Gasteiger partial charge >= 0.3 is 0 Å². The summed E-state index contributed by atoms with van der Waals surface area (Å²) in [6.45, 7) is 13.6. The van der Waals surface area contributed by atoms with Gasteiger partial charge in [0, 0.05) is 0 Å². The predicted molar refractivity (Wildman–Crippen MR) is 79.2 cm³/mol. The van der Waals surface area contributed by atoms with Gasteiger partial charge in [0.25, 0.3) is 0 Å². The van der Waals surface area contributed by atoms with Gasteiger partial charge in [0.2, 0.25) is 0 Å². The van der Waals surface area contributed by atoms with Crippen LogP contribution in [-0.2, 0) is 11.8 Å². The second-order valence-electron chi connectivity index (χ2n) is 7.21. The summed E-state index contributed by atoms with van der Waals surface area (Å²) >= 11 is 0. The van der Waals surface area contributed by atoms with Crippen molar-refractivity contribution in [1.82, 2.24) is 0 Å². The topological polar surface area (TPSA) is 20.2 Å². The lowest BCUT2D eigenvalue weighted by Crippen LogP contribution is -2.24. The summed E-state index contributed by atoms with van der Waals surface area (Å²) in [6, 6.07) is 6.11. The second-order valence-corrected chi connectivity index (χ2v) is 7.21. The molecule has 1 nitrogen and oxygen atoms in total. The Bertz CT molecular complexity index is 397. The molecule has 0 bridgehead atoms. The smallest absolute Gasteiger partial charge is 0.118 e. The quantitative estimate of drug-likeness (QED) is 0.789. The summed E-state index contributed by atoms with van der Waals surface area (Å²) in [7, 11) is 0. The van der Waals surface area contributed by atoms with Crippen LogP contribution in [0.2, 0.25) is 0 Å². The zero-order valence-electron chi connectivity index (χ0n) is 12.8. The van der Waals surface area contributed by atoms with Crippen LogP contribution in [-0.4, -0.2) is 5.11 Å². The minimum atomic E-state index is 0.147. The normalized spacial score (nSPS) is 12.8. The standard InChI is InChI=1S/C17H28O/c1-7-8-13-11-14(9-10-15(13)18)17(5,6)12-16(2,3)4/h9-11,18H,7-8,12H2,1-6H3. The van der Waals surface area contributed by atoms with Gasteiger partial charge in [-0.05, 0) is 40.9 Å². The average molecular weight is 248 g/mol. The molecule has 0 fully saturated rings. The largest absolute Gasteiger partial charge is 0.508 e. The van der Waals surface area contributed by atoms with E-state index in [-0.39, 0.29) is 5.41 Å². The first-order chi connectivity index (χ1) is 8.15. The summed E-state index contributed by atoms with van der Waals surface area (Å²) < 4.78 is 0. The maximum atomic E-state index is 9.86. The lowest BCUT2D eigenvalue weighted by atomic mass is 9.72. The Balaban J connectivity index is 3.05. The Kier molecular flexibility index (Phi) is 4.47. The van der Waals surface area contributed by atoms with E-state index in [0.717, 1.165) is 24.8 Å². The molecule has 102 valence electrons. The number of phenols is 1. The molecule has 0 radical (unpaired) electrons. The van der Waals surface area contributed by atoms with Crippen molar-refractivity contribution >= 4 is 0 Å². The third-order valence-electron chi connectivity index (χ3n) is 3.35. The number of aromatic hydroxyl groups is 1. The molecule has 0 aliphatic carbocycles. The molecular formula is C17H28O. The number of hydrogen-bond acceptors (Lipinski definition) is 1. The zero-order chi connectivity index (χ0) is 14.0. The molecule has 0 aliphatic heterocycles. The summed E-state index contributed by atoms with van der Waals surface area (Å²) in [5.74, 6) is 0.437. The molecule has 0 saturated carbocycles. The van der Waals surface area contributed by atoms with Gasteiger partial charge in [0.15, 0.2) is 0 Å². The van der Waals surface area contributed by atoms with Gasteiger partial charge in [-0.2, -0.15) is 0 Å². The fourth-order valence-electron chi connectivity index (χ4n) is 2.90. The first kappa shape index (κ1) is 15.1. The second kappa shape index (κ2) is 5.34. The molecule has 0 heterocycles. The number of rotatable bonds is 4. The molecule has 0 atom stereocenters. The molecule has 18 heavy (non-hydrogen) atoms.